The summed E-state index contributed by atoms with van der Waals surface area (Å²) in [6.07, 6.45) is 0.171. The SMILES string of the molecule is NCC1(c2cccc(Cl)c2)CCC(F)(F)C1. The van der Waals surface area contributed by atoms with Gasteiger partial charge in [-0.25, -0.2) is 8.78 Å². The number of halogens is 3. The lowest BCUT2D eigenvalue weighted by Gasteiger charge is -2.28. The minimum atomic E-state index is -2.60. The molecule has 1 aromatic rings. The first-order chi connectivity index (χ1) is 7.47. The fourth-order valence-corrected chi connectivity index (χ4v) is 2.64. The summed E-state index contributed by atoms with van der Waals surface area (Å²) in [4.78, 5) is 0. The van der Waals surface area contributed by atoms with Crippen LogP contribution in [0, 0.1) is 0 Å². The third kappa shape index (κ3) is 2.06. The fraction of sp³-hybridized carbons (Fsp3) is 0.500. The van der Waals surface area contributed by atoms with E-state index in [9.17, 15) is 8.78 Å². The van der Waals surface area contributed by atoms with Crippen LogP contribution >= 0.6 is 11.6 Å². The Bertz CT molecular complexity index is 394. The second-order valence-corrected chi connectivity index (χ2v) is 4.96. The molecule has 1 aromatic carbocycles. The Morgan fingerprint density at radius 1 is 1.31 bits per heavy atom. The van der Waals surface area contributed by atoms with Gasteiger partial charge in [0.05, 0.1) is 0 Å². The van der Waals surface area contributed by atoms with Crippen LogP contribution in [0.1, 0.15) is 24.8 Å². The van der Waals surface area contributed by atoms with Crippen LogP contribution in [0.25, 0.3) is 0 Å². The molecule has 0 amide bonds. The van der Waals surface area contributed by atoms with E-state index in [0.717, 1.165) is 5.56 Å². The van der Waals surface area contributed by atoms with Crippen LogP contribution in [0.4, 0.5) is 8.78 Å². The van der Waals surface area contributed by atoms with Gasteiger partial charge in [-0.3, -0.25) is 0 Å². The van der Waals surface area contributed by atoms with Gasteiger partial charge in [-0.05, 0) is 24.1 Å². The highest BCUT2D eigenvalue weighted by Crippen LogP contribution is 2.48. The minimum absolute atomic E-state index is 0.0866. The summed E-state index contributed by atoms with van der Waals surface area (Å²) >= 11 is 5.88. The zero-order valence-corrected chi connectivity index (χ0v) is 9.61. The lowest BCUT2D eigenvalue weighted by atomic mass is 9.79. The first kappa shape index (κ1) is 11.8. The van der Waals surface area contributed by atoms with Crippen LogP contribution in [0.15, 0.2) is 24.3 Å². The highest BCUT2D eigenvalue weighted by molar-refractivity contribution is 6.30. The average Bonchev–Trinajstić information content (AvgIpc) is 2.56. The van der Waals surface area contributed by atoms with Crippen LogP contribution in [0.5, 0.6) is 0 Å². The Balaban J connectivity index is 2.36. The van der Waals surface area contributed by atoms with Gasteiger partial charge in [-0.15, -0.1) is 0 Å². The molecule has 0 radical (unpaired) electrons. The molecular formula is C12H14ClF2N. The number of rotatable bonds is 2. The molecule has 0 bridgehead atoms. The quantitative estimate of drug-likeness (QED) is 0.850. The van der Waals surface area contributed by atoms with E-state index in [4.69, 9.17) is 17.3 Å². The molecule has 1 nitrogen and oxygen atoms in total. The molecule has 2 rings (SSSR count). The highest BCUT2D eigenvalue weighted by atomic mass is 35.5. The molecule has 0 spiro atoms. The first-order valence-corrected chi connectivity index (χ1v) is 5.69. The number of nitrogens with two attached hydrogens (primary N) is 1. The van der Waals surface area contributed by atoms with E-state index in [-0.39, 0.29) is 19.4 Å². The van der Waals surface area contributed by atoms with Crippen LogP contribution in [0.3, 0.4) is 0 Å². The molecule has 0 saturated heterocycles. The van der Waals surface area contributed by atoms with Crippen molar-refractivity contribution in [3.05, 3.63) is 34.9 Å². The van der Waals surface area contributed by atoms with Gasteiger partial charge in [0.25, 0.3) is 0 Å². The zero-order valence-electron chi connectivity index (χ0n) is 8.85. The van der Waals surface area contributed by atoms with Gasteiger partial charge in [-0.2, -0.15) is 0 Å². The summed E-state index contributed by atoms with van der Waals surface area (Å²) in [5.41, 5.74) is 5.93. The number of benzene rings is 1. The number of alkyl halides is 2. The van der Waals surface area contributed by atoms with Crippen molar-refractivity contribution in [2.75, 3.05) is 6.54 Å². The van der Waals surface area contributed by atoms with E-state index in [0.29, 0.717) is 11.4 Å². The molecule has 0 aliphatic heterocycles. The summed E-state index contributed by atoms with van der Waals surface area (Å²) in [5, 5.41) is 0.570. The molecule has 1 atom stereocenters. The Hall–Kier alpha value is -0.670. The summed E-state index contributed by atoms with van der Waals surface area (Å²) in [6, 6.07) is 7.10. The summed E-state index contributed by atoms with van der Waals surface area (Å²) in [5.74, 6) is -2.60. The first-order valence-electron chi connectivity index (χ1n) is 5.31. The topological polar surface area (TPSA) is 26.0 Å². The van der Waals surface area contributed by atoms with Crippen molar-refractivity contribution in [2.45, 2.75) is 30.6 Å². The highest BCUT2D eigenvalue weighted by Gasteiger charge is 2.49. The van der Waals surface area contributed by atoms with Gasteiger partial charge in [0.15, 0.2) is 0 Å². The molecule has 1 unspecified atom stereocenters. The second kappa shape index (κ2) is 3.97. The molecular weight excluding hydrogens is 232 g/mol. The van der Waals surface area contributed by atoms with Crippen molar-refractivity contribution < 1.29 is 8.78 Å². The zero-order chi connectivity index (χ0) is 11.8. The maximum Gasteiger partial charge on any atom is 0.249 e. The molecule has 0 aromatic heterocycles. The number of hydrogen-bond acceptors (Lipinski definition) is 1. The second-order valence-electron chi connectivity index (χ2n) is 4.53. The van der Waals surface area contributed by atoms with Gasteiger partial charge in [0.2, 0.25) is 5.92 Å². The van der Waals surface area contributed by atoms with Crippen molar-refractivity contribution in [3.63, 3.8) is 0 Å². The Morgan fingerprint density at radius 2 is 2.06 bits per heavy atom. The average molecular weight is 246 g/mol. The van der Waals surface area contributed by atoms with E-state index in [1.165, 1.54) is 0 Å². The lowest BCUT2D eigenvalue weighted by molar-refractivity contribution is 0.00302. The molecule has 88 valence electrons. The minimum Gasteiger partial charge on any atom is -0.330 e. The third-order valence-corrected chi connectivity index (χ3v) is 3.63. The monoisotopic (exact) mass is 245 g/mol. The summed E-state index contributed by atoms with van der Waals surface area (Å²) < 4.78 is 26.6. The van der Waals surface area contributed by atoms with Gasteiger partial charge >= 0.3 is 0 Å². The Morgan fingerprint density at radius 3 is 2.56 bits per heavy atom. The van der Waals surface area contributed by atoms with E-state index in [2.05, 4.69) is 0 Å². The Labute approximate surface area is 98.6 Å². The van der Waals surface area contributed by atoms with Crippen molar-refractivity contribution in [2.24, 2.45) is 5.73 Å². The molecule has 4 heteroatoms. The predicted molar refractivity (Wildman–Crippen MR) is 61.0 cm³/mol. The maximum atomic E-state index is 13.3. The molecule has 2 N–H and O–H groups in total. The van der Waals surface area contributed by atoms with Gasteiger partial charge in [0, 0.05) is 29.8 Å². The van der Waals surface area contributed by atoms with E-state index in [1.54, 1.807) is 18.2 Å². The van der Waals surface area contributed by atoms with E-state index >= 15 is 0 Å². The maximum absolute atomic E-state index is 13.3. The van der Waals surface area contributed by atoms with Crippen molar-refractivity contribution in [3.8, 4) is 0 Å². The molecule has 1 saturated carbocycles. The molecule has 1 aliphatic rings. The third-order valence-electron chi connectivity index (χ3n) is 3.39. The predicted octanol–water partition coefficient (Wildman–Crippen LogP) is 3.36. The van der Waals surface area contributed by atoms with Gasteiger partial charge in [-0.1, -0.05) is 23.7 Å². The normalized spacial score (nSPS) is 28.2. The molecule has 1 aliphatic carbocycles. The standard InChI is InChI=1S/C12H14ClF2N/c13-10-3-1-2-9(6-10)11(8-16)4-5-12(14,15)7-11/h1-3,6H,4-5,7-8,16H2. The van der Waals surface area contributed by atoms with Crippen molar-refractivity contribution in [1.82, 2.24) is 0 Å². The fourth-order valence-electron chi connectivity index (χ4n) is 2.45. The van der Waals surface area contributed by atoms with Crippen LogP contribution in [0.2, 0.25) is 5.02 Å². The van der Waals surface area contributed by atoms with E-state index in [1.807, 2.05) is 6.07 Å². The smallest absolute Gasteiger partial charge is 0.249 e. The van der Waals surface area contributed by atoms with Gasteiger partial charge < -0.3 is 5.73 Å². The summed E-state index contributed by atoms with van der Waals surface area (Å²) in [7, 11) is 0. The largest absolute Gasteiger partial charge is 0.330 e. The van der Waals surface area contributed by atoms with Gasteiger partial charge in [0.1, 0.15) is 0 Å². The van der Waals surface area contributed by atoms with Crippen LogP contribution in [-0.2, 0) is 5.41 Å². The summed E-state index contributed by atoms with van der Waals surface area (Å²) in [6.45, 7) is 0.239. The van der Waals surface area contributed by atoms with E-state index < -0.39 is 11.3 Å². The molecule has 1 fully saturated rings. The Kier molecular flexibility index (Phi) is 2.93. The lowest BCUT2D eigenvalue weighted by Crippen LogP contribution is -2.33. The van der Waals surface area contributed by atoms with Crippen molar-refractivity contribution >= 4 is 11.6 Å². The van der Waals surface area contributed by atoms with Crippen LogP contribution in [-0.4, -0.2) is 12.5 Å². The molecule has 0 heterocycles. The van der Waals surface area contributed by atoms with Crippen molar-refractivity contribution in [1.29, 1.82) is 0 Å². The van der Waals surface area contributed by atoms with Crippen LogP contribution < -0.4 is 5.73 Å². The molecule has 16 heavy (non-hydrogen) atoms. The number of hydrogen-bond donors (Lipinski definition) is 1.